The number of ether oxygens (including phenoxy) is 3. The molecule has 0 aliphatic carbocycles. The highest BCUT2D eigenvalue weighted by atomic mass is 16.6. The van der Waals surface area contributed by atoms with Gasteiger partial charge in [-0.2, -0.15) is 0 Å². The lowest BCUT2D eigenvalue weighted by Crippen LogP contribution is -2.30. The van der Waals surface area contributed by atoms with Gasteiger partial charge in [-0.15, -0.1) is 0 Å². The van der Waals surface area contributed by atoms with E-state index in [2.05, 4.69) is 142 Å². The maximum Gasteiger partial charge on any atom is 0.306 e. The minimum atomic E-state index is -0.836. The summed E-state index contributed by atoms with van der Waals surface area (Å²) in [7, 11) is 0. The van der Waals surface area contributed by atoms with Crippen molar-refractivity contribution in [3.8, 4) is 0 Å². The summed E-state index contributed by atoms with van der Waals surface area (Å²) in [6.45, 7) is 6.17. The molecule has 364 valence electrons. The Kier molecular flexibility index (Phi) is 48.6. The van der Waals surface area contributed by atoms with Crippen molar-refractivity contribution in [2.24, 2.45) is 0 Å². The van der Waals surface area contributed by atoms with E-state index in [1.54, 1.807) is 0 Å². The van der Waals surface area contributed by atoms with E-state index in [4.69, 9.17) is 14.2 Å². The largest absolute Gasteiger partial charge is 0.462 e. The van der Waals surface area contributed by atoms with Gasteiger partial charge in [0.25, 0.3) is 0 Å². The third kappa shape index (κ3) is 50.4. The first-order chi connectivity index (χ1) is 32.0. The molecule has 0 bridgehead atoms. The summed E-state index contributed by atoms with van der Waals surface area (Å²) in [5, 5.41) is 0. The molecule has 0 amide bonds. The van der Waals surface area contributed by atoms with Crippen molar-refractivity contribution in [3.05, 3.63) is 134 Å². The Morgan fingerprint density at radius 2 is 0.585 bits per heavy atom. The van der Waals surface area contributed by atoms with Gasteiger partial charge in [-0.3, -0.25) is 14.4 Å². The fraction of sp³-hybridized carbons (Fsp3) is 0.576. The van der Waals surface area contributed by atoms with Gasteiger partial charge in [0, 0.05) is 19.3 Å². The van der Waals surface area contributed by atoms with Gasteiger partial charge in [-0.1, -0.05) is 199 Å². The second kappa shape index (κ2) is 52.2. The van der Waals surface area contributed by atoms with E-state index in [-0.39, 0.29) is 31.6 Å². The second-order valence-corrected chi connectivity index (χ2v) is 16.3. The van der Waals surface area contributed by atoms with Crippen molar-refractivity contribution in [2.45, 2.75) is 207 Å². The van der Waals surface area contributed by atoms with Crippen LogP contribution >= 0.6 is 0 Å². The quantitative estimate of drug-likeness (QED) is 0.0262. The van der Waals surface area contributed by atoms with Gasteiger partial charge >= 0.3 is 17.9 Å². The molecule has 0 heterocycles. The summed E-state index contributed by atoms with van der Waals surface area (Å²) >= 11 is 0. The van der Waals surface area contributed by atoms with Crippen LogP contribution in [0.5, 0.6) is 0 Å². The zero-order valence-electron chi connectivity index (χ0n) is 41.4. The highest BCUT2D eigenvalue weighted by Crippen LogP contribution is 2.13. The molecule has 0 rings (SSSR count). The number of esters is 3. The van der Waals surface area contributed by atoms with Crippen molar-refractivity contribution in [2.75, 3.05) is 13.2 Å². The Morgan fingerprint density at radius 1 is 0.308 bits per heavy atom. The minimum absolute atomic E-state index is 0.125. The number of hydrogen-bond donors (Lipinski definition) is 0. The zero-order valence-corrected chi connectivity index (χ0v) is 41.4. The van der Waals surface area contributed by atoms with Crippen LogP contribution in [-0.4, -0.2) is 37.2 Å². The molecule has 0 aliphatic heterocycles. The van der Waals surface area contributed by atoms with E-state index >= 15 is 0 Å². The SMILES string of the molecule is CC/C=C\C/C=C\C/C=C\C/C=C\CCCCCCCCCCC(=O)OCC(COC(=O)CCCCC/C=C\C/C=C\C/C=C\CC)OC(=O)CC/C=C\C/C=C\C/C=C\C/C=C\CC. The molecule has 65 heavy (non-hydrogen) atoms. The van der Waals surface area contributed by atoms with Gasteiger partial charge < -0.3 is 14.2 Å². The molecule has 0 fully saturated rings. The maximum atomic E-state index is 12.7. The lowest BCUT2D eigenvalue weighted by molar-refractivity contribution is -0.166. The molecule has 6 heteroatoms. The molecule has 0 spiro atoms. The second-order valence-electron chi connectivity index (χ2n) is 16.3. The zero-order chi connectivity index (χ0) is 47.2. The van der Waals surface area contributed by atoms with Gasteiger partial charge in [-0.25, -0.2) is 0 Å². The average Bonchev–Trinajstić information content (AvgIpc) is 3.30. The first-order valence-electron chi connectivity index (χ1n) is 25.7. The van der Waals surface area contributed by atoms with Crippen LogP contribution in [0, 0.1) is 0 Å². The highest BCUT2D eigenvalue weighted by molar-refractivity contribution is 5.71. The van der Waals surface area contributed by atoms with E-state index in [1.165, 1.54) is 32.1 Å². The molecule has 0 radical (unpaired) electrons. The van der Waals surface area contributed by atoms with Gasteiger partial charge in [0.1, 0.15) is 13.2 Å². The van der Waals surface area contributed by atoms with Crippen LogP contribution in [0.2, 0.25) is 0 Å². The summed E-state index contributed by atoms with van der Waals surface area (Å²) in [5.74, 6) is -1.06. The van der Waals surface area contributed by atoms with Crippen molar-refractivity contribution in [1.82, 2.24) is 0 Å². The monoisotopic (exact) mass is 897 g/mol. The molecule has 0 aromatic carbocycles. The van der Waals surface area contributed by atoms with Crippen molar-refractivity contribution < 1.29 is 28.6 Å². The van der Waals surface area contributed by atoms with Crippen LogP contribution in [0.15, 0.2) is 134 Å². The standard InChI is InChI=1S/C59H92O6/c1-4-7-10-13-16-19-22-25-26-27-28-29-30-31-32-35-37-40-43-46-49-52-58(61)64-55-56(65-59(62)53-50-47-44-41-38-34-24-21-18-15-12-9-6-3)54-63-57(60)51-48-45-42-39-36-33-23-20-17-14-11-8-5-2/h7-12,16-21,25-26,28-29,33-34,36,38,44,47,56H,4-6,13-15,22-24,27,30-32,35,37,39-43,45-46,48-55H2,1-3H3/b10-7-,11-8-,12-9-,19-16-,20-17-,21-18-,26-25-,29-28-,36-33-,38-34-,47-44-. The predicted molar refractivity (Wildman–Crippen MR) is 279 cm³/mol. The minimum Gasteiger partial charge on any atom is -0.462 e. The van der Waals surface area contributed by atoms with Crippen LogP contribution in [0.1, 0.15) is 201 Å². The number of hydrogen-bond acceptors (Lipinski definition) is 6. The lowest BCUT2D eigenvalue weighted by atomic mass is 10.1. The van der Waals surface area contributed by atoms with E-state index in [0.29, 0.717) is 19.3 Å². The number of allylic oxidation sites excluding steroid dienone is 22. The molecule has 1 unspecified atom stereocenters. The first kappa shape index (κ1) is 60.5. The Morgan fingerprint density at radius 3 is 0.938 bits per heavy atom. The first-order valence-corrected chi connectivity index (χ1v) is 25.7. The third-order valence-electron chi connectivity index (χ3n) is 10.1. The number of carbonyl (C=O) groups excluding carboxylic acids is 3. The summed E-state index contributed by atoms with van der Waals surface area (Å²) in [6.07, 6.45) is 73.1. The molecule has 6 nitrogen and oxygen atoms in total. The summed E-state index contributed by atoms with van der Waals surface area (Å²) in [5.41, 5.74) is 0. The van der Waals surface area contributed by atoms with Crippen LogP contribution in [0.25, 0.3) is 0 Å². The molecule has 0 aliphatic rings. The van der Waals surface area contributed by atoms with Gasteiger partial charge in [-0.05, 0) is 116 Å². The number of carbonyl (C=O) groups is 3. The van der Waals surface area contributed by atoms with Gasteiger partial charge in [0.15, 0.2) is 6.10 Å². The fourth-order valence-corrected chi connectivity index (χ4v) is 6.40. The summed E-state index contributed by atoms with van der Waals surface area (Å²) in [4.78, 5) is 37.9. The normalized spacial score (nSPS) is 13.2. The van der Waals surface area contributed by atoms with Crippen molar-refractivity contribution >= 4 is 17.9 Å². The lowest BCUT2D eigenvalue weighted by Gasteiger charge is -2.18. The van der Waals surface area contributed by atoms with Crippen LogP contribution in [0.3, 0.4) is 0 Å². The molecule has 1 atom stereocenters. The topological polar surface area (TPSA) is 78.9 Å². The highest BCUT2D eigenvalue weighted by Gasteiger charge is 2.19. The van der Waals surface area contributed by atoms with E-state index in [0.717, 1.165) is 122 Å². The predicted octanol–water partition coefficient (Wildman–Crippen LogP) is 17.1. The maximum absolute atomic E-state index is 12.7. The van der Waals surface area contributed by atoms with Crippen molar-refractivity contribution in [3.63, 3.8) is 0 Å². The van der Waals surface area contributed by atoms with E-state index in [9.17, 15) is 14.4 Å². The van der Waals surface area contributed by atoms with E-state index < -0.39 is 12.1 Å². The van der Waals surface area contributed by atoms with Crippen molar-refractivity contribution in [1.29, 1.82) is 0 Å². The third-order valence-corrected chi connectivity index (χ3v) is 10.1. The van der Waals surface area contributed by atoms with Crippen LogP contribution in [0.4, 0.5) is 0 Å². The molecule has 0 N–H and O–H groups in total. The molecule has 0 aromatic rings. The van der Waals surface area contributed by atoms with Crippen LogP contribution < -0.4 is 0 Å². The van der Waals surface area contributed by atoms with Gasteiger partial charge in [0.05, 0.1) is 0 Å². The smallest absolute Gasteiger partial charge is 0.306 e. The molecular formula is C59H92O6. The van der Waals surface area contributed by atoms with E-state index in [1.807, 2.05) is 12.2 Å². The Hall–Kier alpha value is -4.45. The Labute approximate surface area is 398 Å². The molecule has 0 saturated carbocycles. The van der Waals surface area contributed by atoms with Crippen LogP contribution in [-0.2, 0) is 28.6 Å². The molecule has 0 aromatic heterocycles. The summed E-state index contributed by atoms with van der Waals surface area (Å²) in [6, 6.07) is 0. The van der Waals surface area contributed by atoms with Gasteiger partial charge in [0.2, 0.25) is 0 Å². The summed E-state index contributed by atoms with van der Waals surface area (Å²) < 4.78 is 16.7. The Bertz CT molecular complexity index is 1450. The number of rotatable bonds is 44. The average molecular weight is 897 g/mol. The molecule has 0 saturated heterocycles. The fourth-order valence-electron chi connectivity index (χ4n) is 6.40. The Balaban J connectivity index is 4.48. The number of unbranched alkanes of at least 4 members (excludes halogenated alkanes) is 11. The molecular weight excluding hydrogens is 805 g/mol.